The number of halogens is 3. The normalized spacial score (nSPS) is 17.4. The van der Waals surface area contributed by atoms with Gasteiger partial charge in [-0.05, 0) is 56.5 Å². The van der Waals surface area contributed by atoms with Gasteiger partial charge in [0.25, 0.3) is 5.56 Å². The molecule has 0 radical (unpaired) electrons. The molecule has 0 saturated carbocycles. The number of benzene rings is 1. The standard InChI is InChI=1S/C22H23F3N4O/c23-22(24,25)16-6-3-5-15(13-16)18-9-10-19-20(28-18)21(30)29(14-27-19)12-4-8-17-7-1-2-11-26-17/h3,5-6,9-10,13-14,17,26H,1-2,4,7-8,11-12H2/t17-/m0/s1. The van der Waals surface area contributed by atoms with Crippen LogP contribution in [0.2, 0.25) is 0 Å². The summed E-state index contributed by atoms with van der Waals surface area (Å²) in [6.07, 6.45) is 2.52. The minimum atomic E-state index is -4.44. The van der Waals surface area contributed by atoms with E-state index in [1.165, 1.54) is 29.8 Å². The van der Waals surface area contributed by atoms with Crippen molar-refractivity contribution in [2.45, 2.75) is 50.9 Å². The Morgan fingerprint density at radius 2 is 2.03 bits per heavy atom. The summed E-state index contributed by atoms with van der Waals surface area (Å²) in [6.45, 7) is 1.58. The molecule has 1 fully saturated rings. The van der Waals surface area contributed by atoms with Crippen molar-refractivity contribution in [1.29, 1.82) is 0 Å². The Labute approximate surface area is 172 Å². The Bertz CT molecular complexity index is 1090. The molecule has 1 aliphatic rings. The van der Waals surface area contributed by atoms with Gasteiger partial charge in [0.15, 0.2) is 5.52 Å². The molecule has 1 aliphatic heterocycles. The van der Waals surface area contributed by atoms with Crippen molar-refractivity contribution in [3.63, 3.8) is 0 Å². The third-order valence-electron chi connectivity index (χ3n) is 5.52. The van der Waals surface area contributed by atoms with Gasteiger partial charge in [0.2, 0.25) is 0 Å². The first-order chi connectivity index (χ1) is 14.4. The molecule has 5 nitrogen and oxygen atoms in total. The van der Waals surface area contributed by atoms with Crippen molar-refractivity contribution < 1.29 is 13.2 Å². The predicted molar refractivity (Wildman–Crippen MR) is 109 cm³/mol. The van der Waals surface area contributed by atoms with Gasteiger partial charge in [-0.15, -0.1) is 0 Å². The SMILES string of the molecule is O=c1c2nc(-c3cccc(C(F)(F)F)c3)ccc2ncn1CCC[C@@H]1CCCCN1. The molecule has 158 valence electrons. The van der Waals surface area contributed by atoms with E-state index in [4.69, 9.17) is 0 Å². The second-order valence-corrected chi connectivity index (χ2v) is 7.67. The number of nitrogens with zero attached hydrogens (tertiary/aromatic N) is 3. The molecule has 2 aromatic heterocycles. The highest BCUT2D eigenvalue weighted by atomic mass is 19.4. The van der Waals surface area contributed by atoms with Crippen molar-refractivity contribution in [2.24, 2.45) is 0 Å². The highest BCUT2D eigenvalue weighted by Crippen LogP contribution is 2.31. The van der Waals surface area contributed by atoms with Gasteiger partial charge >= 0.3 is 6.18 Å². The number of aryl methyl sites for hydroxylation is 1. The molecule has 4 rings (SSSR count). The zero-order valence-electron chi connectivity index (χ0n) is 16.5. The maximum Gasteiger partial charge on any atom is 0.416 e. The second kappa shape index (κ2) is 8.55. The number of aromatic nitrogens is 3. The minimum Gasteiger partial charge on any atom is -0.314 e. The second-order valence-electron chi connectivity index (χ2n) is 7.67. The lowest BCUT2D eigenvalue weighted by molar-refractivity contribution is -0.137. The van der Waals surface area contributed by atoms with Gasteiger partial charge in [-0.3, -0.25) is 9.36 Å². The van der Waals surface area contributed by atoms with Gasteiger partial charge in [-0.25, -0.2) is 9.97 Å². The molecule has 0 spiro atoms. The molecule has 1 aromatic carbocycles. The molecule has 0 amide bonds. The van der Waals surface area contributed by atoms with E-state index in [0.29, 0.717) is 29.4 Å². The Balaban J connectivity index is 1.57. The maximum absolute atomic E-state index is 13.0. The van der Waals surface area contributed by atoms with E-state index in [1.54, 1.807) is 18.2 Å². The van der Waals surface area contributed by atoms with Crippen LogP contribution in [0.1, 0.15) is 37.7 Å². The van der Waals surface area contributed by atoms with Crippen LogP contribution in [-0.2, 0) is 12.7 Å². The highest BCUT2D eigenvalue weighted by molar-refractivity contribution is 5.77. The molecule has 30 heavy (non-hydrogen) atoms. The van der Waals surface area contributed by atoms with Crippen molar-refractivity contribution in [2.75, 3.05) is 6.54 Å². The quantitative estimate of drug-likeness (QED) is 0.670. The maximum atomic E-state index is 13.0. The number of hydrogen-bond acceptors (Lipinski definition) is 4. The number of piperidine rings is 1. The monoisotopic (exact) mass is 416 g/mol. The minimum absolute atomic E-state index is 0.170. The van der Waals surface area contributed by atoms with Gasteiger partial charge < -0.3 is 5.32 Å². The number of pyridine rings is 1. The average Bonchev–Trinajstić information content (AvgIpc) is 2.75. The lowest BCUT2D eigenvalue weighted by Crippen LogP contribution is -2.34. The third-order valence-corrected chi connectivity index (χ3v) is 5.52. The summed E-state index contributed by atoms with van der Waals surface area (Å²) < 4.78 is 40.6. The molecule has 1 atom stereocenters. The van der Waals surface area contributed by atoms with E-state index < -0.39 is 11.7 Å². The first-order valence-corrected chi connectivity index (χ1v) is 10.2. The lowest BCUT2D eigenvalue weighted by Gasteiger charge is -2.23. The van der Waals surface area contributed by atoms with Crippen LogP contribution in [0.5, 0.6) is 0 Å². The van der Waals surface area contributed by atoms with Crippen LogP contribution in [0.15, 0.2) is 47.5 Å². The van der Waals surface area contributed by atoms with Crippen LogP contribution in [-0.4, -0.2) is 27.1 Å². The molecular weight excluding hydrogens is 393 g/mol. The van der Waals surface area contributed by atoms with Gasteiger partial charge in [-0.1, -0.05) is 18.6 Å². The fourth-order valence-electron chi connectivity index (χ4n) is 3.89. The number of fused-ring (bicyclic) bond motifs is 1. The fraction of sp³-hybridized carbons (Fsp3) is 0.409. The highest BCUT2D eigenvalue weighted by Gasteiger charge is 2.30. The molecule has 3 aromatic rings. The summed E-state index contributed by atoms with van der Waals surface area (Å²) in [6, 6.07) is 8.65. The average molecular weight is 416 g/mol. The first-order valence-electron chi connectivity index (χ1n) is 10.2. The fourth-order valence-corrected chi connectivity index (χ4v) is 3.89. The van der Waals surface area contributed by atoms with Gasteiger partial charge in [0.05, 0.1) is 23.1 Å². The van der Waals surface area contributed by atoms with Crippen molar-refractivity contribution in [3.05, 3.63) is 58.6 Å². The summed E-state index contributed by atoms with van der Waals surface area (Å²) in [4.78, 5) is 21.5. The first kappa shape index (κ1) is 20.5. The topological polar surface area (TPSA) is 59.8 Å². The van der Waals surface area contributed by atoms with Crippen LogP contribution >= 0.6 is 0 Å². The van der Waals surface area contributed by atoms with Gasteiger partial charge in [0, 0.05) is 18.2 Å². The Kier molecular flexibility index (Phi) is 5.85. The summed E-state index contributed by atoms with van der Waals surface area (Å²) in [5, 5.41) is 3.49. The molecule has 0 bridgehead atoms. The molecule has 3 heterocycles. The summed E-state index contributed by atoms with van der Waals surface area (Å²) >= 11 is 0. The molecule has 0 aliphatic carbocycles. The van der Waals surface area contributed by atoms with Gasteiger partial charge in [-0.2, -0.15) is 13.2 Å². The summed E-state index contributed by atoms with van der Waals surface area (Å²) in [5.74, 6) is 0. The lowest BCUT2D eigenvalue weighted by atomic mass is 10.0. The van der Waals surface area contributed by atoms with Crippen LogP contribution in [0, 0.1) is 0 Å². The largest absolute Gasteiger partial charge is 0.416 e. The molecule has 0 unspecified atom stereocenters. The van der Waals surface area contributed by atoms with E-state index in [1.807, 2.05) is 0 Å². The molecule has 1 saturated heterocycles. The zero-order chi connectivity index (χ0) is 21.1. The van der Waals surface area contributed by atoms with Crippen LogP contribution < -0.4 is 10.9 Å². The van der Waals surface area contributed by atoms with Crippen molar-refractivity contribution in [1.82, 2.24) is 19.9 Å². The summed E-state index contributed by atoms with van der Waals surface area (Å²) in [5.41, 5.74) is 0.206. The van der Waals surface area contributed by atoms with E-state index >= 15 is 0 Å². The Morgan fingerprint density at radius 1 is 1.17 bits per heavy atom. The van der Waals surface area contributed by atoms with E-state index in [0.717, 1.165) is 37.9 Å². The number of hydrogen-bond donors (Lipinski definition) is 1. The zero-order valence-corrected chi connectivity index (χ0v) is 16.5. The predicted octanol–water partition coefficient (Wildman–Crippen LogP) is 4.40. The van der Waals surface area contributed by atoms with E-state index in [-0.39, 0.29) is 11.1 Å². The van der Waals surface area contributed by atoms with E-state index in [9.17, 15) is 18.0 Å². The van der Waals surface area contributed by atoms with Crippen LogP contribution in [0.4, 0.5) is 13.2 Å². The van der Waals surface area contributed by atoms with Crippen LogP contribution in [0.3, 0.4) is 0 Å². The van der Waals surface area contributed by atoms with Crippen molar-refractivity contribution >= 4 is 11.0 Å². The Hall–Kier alpha value is -2.74. The third kappa shape index (κ3) is 4.53. The molecular formula is C22H23F3N4O. The van der Waals surface area contributed by atoms with E-state index in [2.05, 4.69) is 15.3 Å². The number of nitrogens with one attached hydrogen (secondary N) is 1. The Morgan fingerprint density at radius 3 is 2.80 bits per heavy atom. The number of rotatable bonds is 5. The molecule has 1 N–H and O–H groups in total. The van der Waals surface area contributed by atoms with Gasteiger partial charge in [0.1, 0.15) is 0 Å². The molecule has 8 heteroatoms. The van der Waals surface area contributed by atoms with Crippen LogP contribution in [0.25, 0.3) is 22.3 Å². The summed E-state index contributed by atoms with van der Waals surface area (Å²) in [7, 11) is 0. The smallest absolute Gasteiger partial charge is 0.314 e. The number of alkyl halides is 3. The van der Waals surface area contributed by atoms with Crippen molar-refractivity contribution in [3.8, 4) is 11.3 Å².